The Kier molecular flexibility index (Phi) is 4.88. The molecule has 0 bridgehead atoms. The van der Waals surface area contributed by atoms with Crippen LogP contribution < -0.4 is 5.32 Å². The molecule has 4 heteroatoms. The van der Waals surface area contributed by atoms with Crippen LogP contribution in [0.25, 0.3) is 0 Å². The molecular weight excluding hydrogens is 312 g/mol. The van der Waals surface area contributed by atoms with Crippen LogP contribution in [-0.2, 0) is 11.3 Å². The first-order valence-electron chi connectivity index (χ1n) is 8.67. The third kappa shape index (κ3) is 4.08. The highest BCUT2D eigenvalue weighted by atomic mass is 16.2. The third-order valence-corrected chi connectivity index (χ3v) is 4.71. The van der Waals surface area contributed by atoms with Gasteiger partial charge in [0.05, 0.1) is 0 Å². The molecule has 2 amide bonds. The Morgan fingerprint density at radius 2 is 1.72 bits per heavy atom. The minimum Gasteiger partial charge on any atom is -0.337 e. The summed E-state index contributed by atoms with van der Waals surface area (Å²) in [6.45, 7) is 4.69. The van der Waals surface area contributed by atoms with Crippen molar-refractivity contribution in [2.24, 2.45) is 5.92 Å². The second kappa shape index (κ2) is 7.09. The van der Waals surface area contributed by atoms with E-state index in [9.17, 15) is 9.59 Å². The molecule has 1 fully saturated rings. The van der Waals surface area contributed by atoms with Crippen molar-refractivity contribution < 1.29 is 9.59 Å². The maximum absolute atomic E-state index is 12.8. The number of hydrogen-bond donors (Lipinski definition) is 1. The van der Waals surface area contributed by atoms with E-state index >= 15 is 0 Å². The van der Waals surface area contributed by atoms with Crippen LogP contribution in [0.4, 0.5) is 5.69 Å². The predicted octanol–water partition coefficient (Wildman–Crippen LogP) is 3.92. The van der Waals surface area contributed by atoms with E-state index in [1.807, 2.05) is 25.2 Å². The fourth-order valence-corrected chi connectivity index (χ4v) is 2.95. The molecule has 130 valence electrons. The highest BCUT2D eigenvalue weighted by Crippen LogP contribution is 2.30. The van der Waals surface area contributed by atoms with Gasteiger partial charge in [0.15, 0.2) is 0 Å². The molecule has 0 aliphatic heterocycles. The van der Waals surface area contributed by atoms with Crippen molar-refractivity contribution in [3.05, 3.63) is 64.7 Å². The largest absolute Gasteiger partial charge is 0.337 e. The first-order chi connectivity index (χ1) is 12.0. The first kappa shape index (κ1) is 17.2. The second-order valence-electron chi connectivity index (χ2n) is 6.88. The van der Waals surface area contributed by atoms with Gasteiger partial charge in [-0.15, -0.1) is 0 Å². The molecule has 3 rings (SSSR count). The number of carbonyl (C=O) groups is 2. The standard InChI is InChI=1S/C21H24N2O2/c1-14-6-4-7-15(2)19(14)13-23(3)21(25)17-8-5-9-18(12-17)22-20(24)16-10-11-16/h4-9,12,16H,10-11,13H2,1-3H3,(H,22,24). The van der Waals surface area contributed by atoms with E-state index in [0.717, 1.165) is 12.8 Å². The summed E-state index contributed by atoms with van der Waals surface area (Å²) in [6.07, 6.45) is 1.92. The Labute approximate surface area is 148 Å². The number of nitrogens with one attached hydrogen (secondary N) is 1. The van der Waals surface area contributed by atoms with Crippen LogP contribution in [0.3, 0.4) is 0 Å². The summed E-state index contributed by atoms with van der Waals surface area (Å²) >= 11 is 0. The number of aryl methyl sites for hydroxylation is 2. The van der Waals surface area contributed by atoms with E-state index in [1.54, 1.807) is 17.0 Å². The summed E-state index contributed by atoms with van der Waals surface area (Å²) in [4.78, 5) is 26.4. The Bertz CT molecular complexity index is 789. The lowest BCUT2D eigenvalue weighted by molar-refractivity contribution is -0.117. The molecule has 0 saturated heterocycles. The Morgan fingerprint density at radius 1 is 1.08 bits per heavy atom. The molecule has 0 unspecified atom stereocenters. The fraction of sp³-hybridized carbons (Fsp3) is 0.333. The summed E-state index contributed by atoms with van der Waals surface area (Å²) in [5.74, 6) is 0.143. The molecular formula is C21H24N2O2. The first-order valence-corrected chi connectivity index (χ1v) is 8.67. The average Bonchev–Trinajstić information content (AvgIpc) is 3.43. The number of hydrogen-bond acceptors (Lipinski definition) is 2. The monoisotopic (exact) mass is 336 g/mol. The third-order valence-electron chi connectivity index (χ3n) is 4.71. The Morgan fingerprint density at radius 3 is 2.36 bits per heavy atom. The molecule has 1 aliphatic carbocycles. The summed E-state index contributed by atoms with van der Waals surface area (Å²) in [6, 6.07) is 13.3. The van der Waals surface area contributed by atoms with Gasteiger partial charge in [0, 0.05) is 30.8 Å². The van der Waals surface area contributed by atoms with Gasteiger partial charge in [-0.2, -0.15) is 0 Å². The van der Waals surface area contributed by atoms with Crippen molar-refractivity contribution in [1.29, 1.82) is 0 Å². The van der Waals surface area contributed by atoms with E-state index in [2.05, 4.69) is 31.3 Å². The molecule has 0 heterocycles. The Balaban J connectivity index is 1.72. The van der Waals surface area contributed by atoms with Crippen molar-refractivity contribution in [3.63, 3.8) is 0 Å². The van der Waals surface area contributed by atoms with Gasteiger partial charge in [-0.3, -0.25) is 9.59 Å². The zero-order chi connectivity index (χ0) is 18.0. The van der Waals surface area contributed by atoms with Crippen molar-refractivity contribution in [1.82, 2.24) is 4.90 Å². The number of anilines is 1. The van der Waals surface area contributed by atoms with Gasteiger partial charge in [-0.1, -0.05) is 24.3 Å². The normalized spacial score (nSPS) is 13.4. The molecule has 1 aliphatic rings. The molecule has 0 atom stereocenters. The topological polar surface area (TPSA) is 49.4 Å². The van der Waals surface area contributed by atoms with Crippen LogP contribution in [0.1, 0.15) is 39.9 Å². The van der Waals surface area contributed by atoms with Crippen molar-refractivity contribution >= 4 is 17.5 Å². The maximum atomic E-state index is 12.8. The summed E-state index contributed by atoms with van der Waals surface area (Å²) in [7, 11) is 1.81. The highest BCUT2D eigenvalue weighted by Gasteiger charge is 2.29. The average molecular weight is 336 g/mol. The quantitative estimate of drug-likeness (QED) is 0.899. The van der Waals surface area contributed by atoms with Gasteiger partial charge in [0.1, 0.15) is 0 Å². The molecule has 0 radical (unpaired) electrons. The molecule has 0 spiro atoms. The van der Waals surface area contributed by atoms with Gasteiger partial charge >= 0.3 is 0 Å². The van der Waals surface area contributed by atoms with Gasteiger partial charge < -0.3 is 10.2 Å². The number of nitrogens with zero attached hydrogens (tertiary/aromatic N) is 1. The lowest BCUT2D eigenvalue weighted by Gasteiger charge is -2.20. The molecule has 2 aromatic rings. The van der Waals surface area contributed by atoms with Crippen molar-refractivity contribution in [2.45, 2.75) is 33.2 Å². The van der Waals surface area contributed by atoms with Crippen molar-refractivity contribution in [3.8, 4) is 0 Å². The van der Waals surface area contributed by atoms with Crippen LogP contribution in [-0.4, -0.2) is 23.8 Å². The van der Waals surface area contributed by atoms with Gasteiger partial charge in [-0.25, -0.2) is 0 Å². The lowest BCUT2D eigenvalue weighted by atomic mass is 10.0. The van der Waals surface area contributed by atoms with Crippen LogP contribution in [0.5, 0.6) is 0 Å². The fourth-order valence-electron chi connectivity index (χ4n) is 2.95. The number of rotatable bonds is 5. The molecule has 1 N–H and O–H groups in total. The highest BCUT2D eigenvalue weighted by molar-refractivity contribution is 5.98. The lowest BCUT2D eigenvalue weighted by Crippen LogP contribution is -2.27. The zero-order valence-corrected chi connectivity index (χ0v) is 15.0. The van der Waals surface area contributed by atoms with Crippen molar-refractivity contribution in [2.75, 3.05) is 12.4 Å². The minimum atomic E-state index is -0.0508. The van der Waals surface area contributed by atoms with Crippen LogP contribution in [0, 0.1) is 19.8 Å². The van der Waals surface area contributed by atoms with Crippen LogP contribution in [0.15, 0.2) is 42.5 Å². The molecule has 0 aromatic heterocycles. The number of benzene rings is 2. The molecule has 1 saturated carbocycles. The maximum Gasteiger partial charge on any atom is 0.253 e. The number of amides is 2. The van der Waals surface area contributed by atoms with E-state index in [0.29, 0.717) is 17.8 Å². The Hall–Kier alpha value is -2.62. The van der Waals surface area contributed by atoms with Gasteiger partial charge in [-0.05, 0) is 61.6 Å². The van der Waals surface area contributed by atoms with Crippen LogP contribution in [0.2, 0.25) is 0 Å². The predicted molar refractivity (Wildman–Crippen MR) is 99.5 cm³/mol. The minimum absolute atomic E-state index is 0.0495. The summed E-state index contributed by atoms with van der Waals surface area (Å²) in [5.41, 5.74) is 4.82. The molecule has 25 heavy (non-hydrogen) atoms. The smallest absolute Gasteiger partial charge is 0.253 e. The van der Waals surface area contributed by atoms with Gasteiger partial charge in [0.2, 0.25) is 5.91 Å². The molecule has 4 nitrogen and oxygen atoms in total. The SMILES string of the molecule is Cc1cccc(C)c1CN(C)C(=O)c1cccc(NC(=O)C2CC2)c1. The second-order valence-corrected chi connectivity index (χ2v) is 6.88. The summed E-state index contributed by atoms with van der Waals surface area (Å²) in [5, 5.41) is 2.90. The van der Waals surface area contributed by atoms with E-state index in [-0.39, 0.29) is 17.7 Å². The van der Waals surface area contributed by atoms with E-state index < -0.39 is 0 Å². The summed E-state index contributed by atoms with van der Waals surface area (Å²) < 4.78 is 0. The van der Waals surface area contributed by atoms with Gasteiger partial charge in [0.25, 0.3) is 5.91 Å². The molecule has 2 aromatic carbocycles. The zero-order valence-electron chi connectivity index (χ0n) is 15.0. The number of carbonyl (C=O) groups excluding carboxylic acids is 2. The van der Waals surface area contributed by atoms with E-state index in [1.165, 1.54) is 16.7 Å². The van der Waals surface area contributed by atoms with E-state index in [4.69, 9.17) is 0 Å². The van der Waals surface area contributed by atoms with Crippen LogP contribution >= 0.6 is 0 Å².